The Balaban J connectivity index is 1.98. The second kappa shape index (κ2) is 7.64. The molecule has 1 unspecified atom stereocenters. The minimum absolute atomic E-state index is 0.0939. The van der Waals surface area contributed by atoms with Crippen LogP contribution in [0, 0.1) is 10.1 Å². The van der Waals surface area contributed by atoms with E-state index in [1.54, 1.807) is 6.92 Å². The number of rotatable bonds is 5. The Morgan fingerprint density at radius 2 is 1.93 bits per heavy atom. The zero-order chi connectivity index (χ0) is 21.4. The summed E-state index contributed by atoms with van der Waals surface area (Å²) in [5, 5.41) is 11.4. The van der Waals surface area contributed by atoms with Crippen LogP contribution in [-0.2, 0) is 9.53 Å². The summed E-state index contributed by atoms with van der Waals surface area (Å²) in [6, 6.07) is 13.0. The minimum atomic E-state index is -0.617. The standard InChI is InChI=1S/C20H16N4O5S/c1-11(19(26)29-2)30-20-22-16-14-5-3-4-6-15(14)21-17(16)18(25)23(20)12-7-9-13(10-8-12)24(27)28/h3-11,21H,1-2H3. The van der Waals surface area contributed by atoms with E-state index in [0.29, 0.717) is 16.7 Å². The molecule has 0 fully saturated rings. The fourth-order valence-electron chi connectivity index (χ4n) is 3.14. The van der Waals surface area contributed by atoms with Crippen molar-refractivity contribution in [1.82, 2.24) is 14.5 Å². The van der Waals surface area contributed by atoms with Gasteiger partial charge in [-0.2, -0.15) is 0 Å². The SMILES string of the molecule is COC(=O)C(C)Sc1nc2c([nH]c3ccccc32)c(=O)n1-c1ccc([N+](=O)[O-])cc1. The molecular formula is C20H16N4O5S. The van der Waals surface area contributed by atoms with E-state index >= 15 is 0 Å². The highest BCUT2D eigenvalue weighted by molar-refractivity contribution is 8.00. The summed E-state index contributed by atoms with van der Waals surface area (Å²) < 4.78 is 6.13. The molecule has 0 aliphatic carbocycles. The van der Waals surface area contributed by atoms with Gasteiger partial charge in [-0.15, -0.1) is 0 Å². The monoisotopic (exact) mass is 424 g/mol. The van der Waals surface area contributed by atoms with Gasteiger partial charge in [-0.05, 0) is 25.1 Å². The predicted octanol–water partition coefficient (Wildman–Crippen LogP) is 3.43. The van der Waals surface area contributed by atoms with Crippen molar-refractivity contribution in [2.75, 3.05) is 7.11 Å². The number of non-ortho nitro benzene ring substituents is 1. The number of nitrogens with zero attached hydrogens (tertiary/aromatic N) is 3. The molecule has 2 aromatic carbocycles. The van der Waals surface area contributed by atoms with E-state index in [4.69, 9.17) is 4.74 Å². The molecule has 9 nitrogen and oxygen atoms in total. The lowest BCUT2D eigenvalue weighted by molar-refractivity contribution is -0.384. The molecular weight excluding hydrogens is 408 g/mol. The molecule has 30 heavy (non-hydrogen) atoms. The van der Waals surface area contributed by atoms with E-state index in [1.165, 1.54) is 35.9 Å². The third-order valence-electron chi connectivity index (χ3n) is 4.63. The number of benzene rings is 2. The van der Waals surface area contributed by atoms with Crippen LogP contribution in [0.4, 0.5) is 5.69 Å². The zero-order valence-electron chi connectivity index (χ0n) is 16.0. The Hall–Kier alpha value is -3.66. The average Bonchev–Trinajstić information content (AvgIpc) is 3.12. The number of ether oxygens (including phenoxy) is 1. The first kappa shape index (κ1) is 19.6. The van der Waals surface area contributed by atoms with Crippen molar-refractivity contribution >= 4 is 45.4 Å². The van der Waals surface area contributed by atoms with Gasteiger partial charge in [0.05, 0.1) is 17.7 Å². The van der Waals surface area contributed by atoms with Crippen LogP contribution >= 0.6 is 11.8 Å². The molecule has 0 saturated heterocycles. The second-order valence-electron chi connectivity index (χ2n) is 6.49. The molecule has 152 valence electrons. The van der Waals surface area contributed by atoms with E-state index in [1.807, 2.05) is 24.3 Å². The molecule has 0 radical (unpaired) electrons. The number of carbonyl (C=O) groups is 1. The predicted molar refractivity (Wildman–Crippen MR) is 113 cm³/mol. The largest absolute Gasteiger partial charge is 0.468 e. The van der Waals surface area contributed by atoms with Crippen LogP contribution in [0.1, 0.15) is 6.92 Å². The van der Waals surface area contributed by atoms with Gasteiger partial charge in [-0.25, -0.2) is 4.98 Å². The van der Waals surface area contributed by atoms with Gasteiger partial charge < -0.3 is 9.72 Å². The van der Waals surface area contributed by atoms with Crippen LogP contribution in [0.25, 0.3) is 27.6 Å². The van der Waals surface area contributed by atoms with Crippen LogP contribution in [0.3, 0.4) is 0 Å². The smallest absolute Gasteiger partial charge is 0.318 e. The van der Waals surface area contributed by atoms with Gasteiger partial charge in [-0.1, -0.05) is 30.0 Å². The molecule has 2 aromatic heterocycles. The number of nitro benzene ring substituents is 1. The highest BCUT2D eigenvalue weighted by Crippen LogP contribution is 2.29. The van der Waals surface area contributed by atoms with Gasteiger partial charge >= 0.3 is 5.97 Å². The number of thioether (sulfide) groups is 1. The number of methoxy groups -OCH3 is 1. The molecule has 4 aromatic rings. The second-order valence-corrected chi connectivity index (χ2v) is 7.79. The minimum Gasteiger partial charge on any atom is -0.468 e. The Morgan fingerprint density at radius 3 is 2.60 bits per heavy atom. The summed E-state index contributed by atoms with van der Waals surface area (Å²) in [6.07, 6.45) is 0. The first-order valence-electron chi connectivity index (χ1n) is 8.93. The molecule has 2 heterocycles. The fourth-order valence-corrected chi connectivity index (χ4v) is 4.09. The number of fused-ring (bicyclic) bond motifs is 3. The maximum absolute atomic E-state index is 13.4. The summed E-state index contributed by atoms with van der Waals surface area (Å²) in [5.74, 6) is -0.455. The highest BCUT2D eigenvalue weighted by atomic mass is 32.2. The Bertz CT molecular complexity index is 1340. The van der Waals surface area contributed by atoms with Crippen LogP contribution in [0.2, 0.25) is 0 Å². The van der Waals surface area contributed by atoms with Crippen molar-refractivity contribution in [2.24, 2.45) is 0 Å². The van der Waals surface area contributed by atoms with Crippen molar-refractivity contribution in [3.05, 3.63) is 69.0 Å². The van der Waals surface area contributed by atoms with Crippen LogP contribution in [0.15, 0.2) is 58.5 Å². The molecule has 4 rings (SSSR count). The number of para-hydroxylation sites is 1. The molecule has 0 aliphatic rings. The third-order valence-corrected chi connectivity index (χ3v) is 5.66. The van der Waals surface area contributed by atoms with Crippen LogP contribution in [0.5, 0.6) is 0 Å². The molecule has 0 aliphatic heterocycles. The first-order valence-corrected chi connectivity index (χ1v) is 9.81. The van der Waals surface area contributed by atoms with E-state index in [2.05, 4.69) is 9.97 Å². The molecule has 0 saturated carbocycles. The summed E-state index contributed by atoms with van der Waals surface area (Å²) in [4.78, 5) is 43.6. The van der Waals surface area contributed by atoms with Gasteiger partial charge in [0.1, 0.15) is 16.3 Å². The van der Waals surface area contributed by atoms with Crippen molar-refractivity contribution in [1.29, 1.82) is 0 Å². The average molecular weight is 424 g/mol. The number of hydrogen-bond acceptors (Lipinski definition) is 7. The quantitative estimate of drug-likeness (QED) is 0.171. The maximum atomic E-state index is 13.4. The Morgan fingerprint density at radius 1 is 1.23 bits per heavy atom. The molecule has 0 spiro atoms. The molecule has 0 amide bonds. The number of esters is 1. The fraction of sp³-hybridized carbons (Fsp3) is 0.150. The van der Waals surface area contributed by atoms with Gasteiger partial charge in [0.2, 0.25) is 0 Å². The molecule has 1 N–H and O–H groups in total. The van der Waals surface area contributed by atoms with Crippen molar-refractivity contribution in [3.8, 4) is 5.69 Å². The Kier molecular flexibility index (Phi) is 5.00. The first-order chi connectivity index (χ1) is 14.4. The lowest BCUT2D eigenvalue weighted by Gasteiger charge is -2.14. The van der Waals surface area contributed by atoms with Crippen molar-refractivity contribution < 1.29 is 14.5 Å². The van der Waals surface area contributed by atoms with Crippen LogP contribution in [-0.4, -0.2) is 37.8 Å². The number of aromatic amines is 1. The highest BCUT2D eigenvalue weighted by Gasteiger charge is 2.22. The number of hydrogen-bond donors (Lipinski definition) is 1. The van der Waals surface area contributed by atoms with E-state index in [0.717, 1.165) is 22.7 Å². The third kappa shape index (κ3) is 3.30. The number of H-pyrrole nitrogens is 1. The van der Waals surface area contributed by atoms with Gasteiger partial charge in [-0.3, -0.25) is 24.3 Å². The molecule has 10 heteroatoms. The topological polar surface area (TPSA) is 120 Å². The number of carbonyl (C=O) groups excluding carboxylic acids is 1. The summed E-state index contributed by atoms with van der Waals surface area (Å²) in [7, 11) is 1.29. The van der Waals surface area contributed by atoms with Gasteiger partial charge in [0.15, 0.2) is 5.16 Å². The molecule has 1 atom stereocenters. The lowest BCUT2D eigenvalue weighted by atomic mass is 10.2. The summed E-state index contributed by atoms with van der Waals surface area (Å²) in [5.41, 5.74) is 1.50. The van der Waals surface area contributed by atoms with Crippen LogP contribution < -0.4 is 5.56 Å². The summed E-state index contributed by atoms with van der Waals surface area (Å²) in [6.45, 7) is 1.66. The number of nitrogens with one attached hydrogen (secondary N) is 1. The Labute approximate surface area is 173 Å². The zero-order valence-corrected chi connectivity index (χ0v) is 16.8. The van der Waals surface area contributed by atoms with E-state index < -0.39 is 16.1 Å². The lowest BCUT2D eigenvalue weighted by Crippen LogP contribution is -2.24. The van der Waals surface area contributed by atoms with E-state index in [-0.39, 0.29) is 16.4 Å². The van der Waals surface area contributed by atoms with Gasteiger partial charge in [0.25, 0.3) is 11.2 Å². The summed E-state index contributed by atoms with van der Waals surface area (Å²) >= 11 is 1.08. The van der Waals surface area contributed by atoms with Crippen molar-refractivity contribution in [3.63, 3.8) is 0 Å². The van der Waals surface area contributed by atoms with Gasteiger partial charge in [0, 0.05) is 23.0 Å². The van der Waals surface area contributed by atoms with Crippen molar-refractivity contribution in [2.45, 2.75) is 17.3 Å². The van der Waals surface area contributed by atoms with E-state index in [9.17, 15) is 19.7 Å². The number of nitro groups is 1. The molecule has 0 bridgehead atoms. The maximum Gasteiger partial charge on any atom is 0.318 e. The normalized spacial score (nSPS) is 12.2. The number of aromatic nitrogens is 3.